The van der Waals surface area contributed by atoms with E-state index in [2.05, 4.69) is 5.32 Å². The average molecular weight is 373 g/mol. The van der Waals surface area contributed by atoms with E-state index >= 15 is 0 Å². The van der Waals surface area contributed by atoms with Gasteiger partial charge in [-0.1, -0.05) is 44.9 Å². The van der Waals surface area contributed by atoms with E-state index in [4.69, 9.17) is 4.74 Å². The van der Waals surface area contributed by atoms with Crippen molar-refractivity contribution in [2.45, 2.75) is 64.2 Å². The molecule has 0 heterocycles. The maximum atomic E-state index is 12.5. The van der Waals surface area contributed by atoms with Crippen molar-refractivity contribution in [2.24, 2.45) is 17.8 Å². The lowest BCUT2D eigenvalue weighted by atomic mass is 9.78. The van der Waals surface area contributed by atoms with Crippen molar-refractivity contribution in [1.82, 2.24) is 0 Å². The number of ether oxygens (including phenoxy) is 1. The van der Waals surface area contributed by atoms with E-state index in [0.29, 0.717) is 18.5 Å². The number of hydrogen-bond donors (Lipinski definition) is 2. The summed E-state index contributed by atoms with van der Waals surface area (Å²) in [5, 5.41) is 12.2. The molecule has 2 aliphatic rings. The number of aliphatic carboxylic acids is 1. The maximum Gasteiger partial charge on any atom is 0.307 e. The number of nitrogens with one attached hydrogen (secondary N) is 1. The topological polar surface area (TPSA) is 75.6 Å². The highest BCUT2D eigenvalue weighted by atomic mass is 16.5. The summed E-state index contributed by atoms with van der Waals surface area (Å²) >= 11 is 0. The zero-order chi connectivity index (χ0) is 19.1. The molecule has 27 heavy (non-hydrogen) atoms. The van der Waals surface area contributed by atoms with Crippen molar-refractivity contribution in [3.8, 4) is 5.75 Å². The molecule has 2 N–H and O–H groups in total. The first-order chi connectivity index (χ1) is 13.1. The molecule has 2 aliphatic carbocycles. The van der Waals surface area contributed by atoms with Crippen LogP contribution in [0.15, 0.2) is 24.3 Å². The predicted molar refractivity (Wildman–Crippen MR) is 105 cm³/mol. The second kappa shape index (κ2) is 9.77. The summed E-state index contributed by atoms with van der Waals surface area (Å²) in [5.41, 5.74) is 0.689. The lowest BCUT2D eigenvalue weighted by molar-refractivity contribution is -0.147. The molecule has 0 spiro atoms. The van der Waals surface area contributed by atoms with Crippen molar-refractivity contribution in [2.75, 3.05) is 11.9 Å². The maximum absolute atomic E-state index is 12.5. The van der Waals surface area contributed by atoms with E-state index in [9.17, 15) is 14.7 Å². The fraction of sp³-hybridized carbons (Fsp3) is 0.636. The van der Waals surface area contributed by atoms with Gasteiger partial charge in [0.1, 0.15) is 5.75 Å². The van der Waals surface area contributed by atoms with Crippen molar-refractivity contribution in [3.63, 3.8) is 0 Å². The number of anilines is 1. The lowest BCUT2D eigenvalue weighted by Crippen LogP contribution is -2.36. The van der Waals surface area contributed by atoms with Crippen LogP contribution in [0, 0.1) is 17.8 Å². The molecule has 3 rings (SSSR count). The summed E-state index contributed by atoms with van der Waals surface area (Å²) in [5.74, 6) is -0.451. The molecule has 0 radical (unpaired) electrons. The average Bonchev–Trinajstić information content (AvgIpc) is 2.70. The molecular weight excluding hydrogens is 342 g/mol. The predicted octanol–water partition coefficient (Wildman–Crippen LogP) is 4.87. The summed E-state index contributed by atoms with van der Waals surface area (Å²) in [7, 11) is 0. The normalized spacial score (nSPS) is 23.6. The lowest BCUT2D eigenvalue weighted by Gasteiger charge is -2.27. The highest BCUT2D eigenvalue weighted by Gasteiger charge is 2.35. The van der Waals surface area contributed by atoms with E-state index in [-0.39, 0.29) is 5.91 Å². The zero-order valence-electron chi connectivity index (χ0n) is 16.0. The van der Waals surface area contributed by atoms with Gasteiger partial charge in [-0.05, 0) is 49.4 Å². The van der Waals surface area contributed by atoms with Gasteiger partial charge in [0, 0.05) is 5.69 Å². The molecule has 2 atom stereocenters. The number of carboxylic acid groups (broad SMARTS) is 1. The molecule has 1 aromatic rings. The van der Waals surface area contributed by atoms with Gasteiger partial charge >= 0.3 is 5.97 Å². The van der Waals surface area contributed by atoms with Crippen LogP contribution in [0.5, 0.6) is 5.75 Å². The van der Waals surface area contributed by atoms with E-state index in [1.165, 1.54) is 32.1 Å². The number of benzene rings is 1. The van der Waals surface area contributed by atoms with Crippen molar-refractivity contribution >= 4 is 17.6 Å². The van der Waals surface area contributed by atoms with Gasteiger partial charge in [0.15, 0.2) is 0 Å². The van der Waals surface area contributed by atoms with E-state index in [1.807, 2.05) is 24.3 Å². The molecular formula is C22H31NO4. The molecule has 0 unspecified atom stereocenters. The molecule has 0 bridgehead atoms. The minimum absolute atomic E-state index is 0.187. The Morgan fingerprint density at radius 2 is 1.56 bits per heavy atom. The minimum Gasteiger partial charge on any atom is -0.494 e. The van der Waals surface area contributed by atoms with Gasteiger partial charge in [0.2, 0.25) is 5.91 Å². The first kappa shape index (κ1) is 19.7. The third-order valence-corrected chi connectivity index (χ3v) is 6.06. The van der Waals surface area contributed by atoms with Gasteiger partial charge < -0.3 is 15.2 Å². The van der Waals surface area contributed by atoms with Crippen LogP contribution in [-0.4, -0.2) is 23.6 Å². The molecule has 1 aromatic carbocycles. The van der Waals surface area contributed by atoms with E-state index in [0.717, 1.165) is 37.5 Å². The first-order valence-corrected chi connectivity index (χ1v) is 10.4. The third kappa shape index (κ3) is 5.72. The highest BCUT2D eigenvalue weighted by Crippen LogP contribution is 2.31. The Bertz CT molecular complexity index is 622. The SMILES string of the molecule is O=C(O)[C@H]1CCCC[C@@H]1C(=O)Nc1ccc(OCCC2CCCCC2)cc1. The van der Waals surface area contributed by atoms with Gasteiger partial charge in [0.25, 0.3) is 0 Å². The molecule has 5 heteroatoms. The molecule has 2 saturated carbocycles. The van der Waals surface area contributed by atoms with Crippen LogP contribution >= 0.6 is 0 Å². The summed E-state index contributed by atoms with van der Waals surface area (Å²) < 4.78 is 5.84. The minimum atomic E-state index is -0.864. The molecule has 0 saturated heterocycles. The van der Waals surface area contributed by atoms with Gasteiger partial charge in [-0.3, -0.25) is 9.59 Å². The largest absolute Gasteiger partial charge is 0.494 e. The number of carbonyl (C=O) groups excluding carboxylic acids is 1. The first-order valence-electron chi connectivity index (χ1n) is 10.4. The Morgan fingerprint density at radius 1 is 0.926 bits per heavy atom. The molecule has 1 amide bonds. The number of hydrogen-bond acceptors (Lipinski definition) is 3. The van der Waals surface area contributed by atoms with Gasteiger partial charge in [-0.2, -0.15) is 0 Å². The number of carboxylic acids is 1. The summed E-state index contributed by atoms with van der Waals surface area (Å²) in [6.45, 7) is 0.735. The van der Waals surface area contributed by atoms with E-state index in [1.54, 1.807) is 0 Å². The molecule has 2 fully saturated rings. The molecule has 0 aromatic heterocycles. The summed E-state index contributed by atoms with van der Waals surface area (Å²) in [4.78, 5) is 23.9. The summed E-state index contributed by atoms with van der Waals surface area (Å²) in [6, 6.07) is 7.39. The Balaban J connectivity index is 1.46. The van der Waals surface area contributed by atoms with Crippen LogP contribution in [0.3, 0.4) is 0 Å². The second-order valence-corrected chi connectivity index (χ2v) is 7.99. The van der Waals surface area contributed by atoms with Gasteiger partial charge in [-0.25, -0.2) is 0 Å². The van der Waals surface area contributed by atoms with Gasteiger partial charge in [-0.15, -0.1) is 0 Å². The van der Waals surface area contributed by atoms with E-state index < -0.39 is 17.8 Å². The van der Waals surface area contributed by atoms with Crippen molar-refractivity contribution < 1.29 is 19.4 Å². The Hall–Kier alpha value is -2.04. The smallest absolute Gasteiger partial charge is 0.307 e. The monoisotopic (exact) mass is 373 g/mol. The van der Waals surface area contributed by atoms with Crippen LogP contribution < -0.4 is 10.1 Å². The quantitative estimate of drug-likeness (QED) is 0.715. The Kier molecular flexibility index (Phi) is 7.13. The van der Waals surface area contributed by atoms with Crippen LogP contribution in [-0.2, 0) is 9.59 Å². The van der Waals surface area contributed by atoms with Crippen LogP contribution in [0.2, 0.25) is 0 Å². The molecule has 0 aliphatic heterocycles. The van der Waals surface area contributed by atoms with Crippen LogP contribution in [0.1, 0.15) is 64.2 Å². The van der Waals surface area contributed by atoms with Crippen molar-refractivity contribution in [1.29, 1.82) is 0 Å². The molecule has 5 nitrogen and oxygen atoms in total. The van der Waals surface area contributed by atoms with Crippen molar-refractivity contribution in [3.05, 3.63) is 24.3 Å². The highest BCUT2D eigenvalue weighted by molar-refractivity contribution is 5.95. The Morgan fingerprint density at radius 3 is 2.22 bits per heavy atom. The fourth-order valence-corrected chi connectivity index (χ4v) is 4.43. The standard InChI is InChI=1S/C22H31NO4/c24-21(19-8-4-5-9-20(19)22(25)26)23-17-10-12-18(13-11-17)27-15-14-16-6-2-1-3-7-16/h10-13,16,19-20H,1-9,14-15H2,(H,23,24)(H,25,26)/t19-,20-/m0/s1. The molecule has 148 valence electrons. The third-order valence-electron chi connectivity index (χ3n) is 6.06. The number of amides is 1. The number of carbonyl (C=O) groups is 2. The number of rotatable bonds is 7. The van der Waals surface area contributed by atoms with Crippen LogP contribution in [0.4, 0.5) is 5.69 Å². The van der Waals surface area contributed by atoms with Crippen LogP contribution in [0.25, 0.3) is 0 Å². The Labute approximate surface area is 161 Å². The zero-order valence-corrected chi connectivity index (χ0v) is 16.0. The second-order valence-electron chi connectivity index (χ2n) is 7.99. The fourth-order valence-electron chi connectivity index (χ4n) is 4.43. The van der Waals surface area contributed by atoms with Gasteiger partial charge in [0.05, 0.1) is 18.4 Å². The summed E-state index contributed by atoms with van der Waals surface area (Å²) in [6.07, 6.45) is 10.9.